The second-order valence-electron chi connectivity index (χ2n) is 13.3. The zero-order valence-electron chi connectivity index (χ0n) is 28.4. The number of hydrogen-bond acceptors (Lipinski definition) is 2. The summed E-state index contributed by atoms with van der Waals surface area (Å²) in [6.45, 7) is 0. The van der Waals surface area contributed by atoms with E-state index in [0.29, 0.717) is 0 Å². The van der Waals surface area contributed by atoms with Gasteiger partial charge in [-0.15, -0.1) is 0 Å². The van der Waals surface area contributed by atoms with Crippen LogP contribution in [0.4, 0.5) is 17.1 Å². The van der Waals surface area contributed by atoms with Gasteiger partial charge in [-0.1, -0.05) is 164 Å². The maximum atomic E-state index is 6.76. The Balaban J connectivity index is 1.32. The second kappa shape index (κ2) is 12.5. The molecule has 0 aliphatic heterocycles. The molecule has 10 rings (SSSR count). The third-order valence-corrected chi connectivity index (χ3v) is 10.2. The molecule has 0 aliphatic rings. The van der Waals surface area contributed by atoms with Crippen LogP contribution in [0.15, 0.2) is 205 Å². The molecule has 1 heterocycles. The maximum Gasteiger partial charge on any atom is 0.159 e. The summed E-state index contributed by atoms with van der Waals surface area (Å²) in [5, 5.41) is 7.06. The second-order valence-corrected chi connectivity index (χ2v) is 13.3. The van der Waals surface area contributed by atoms with Gasteiger partial charge in [0.05, 0.1) is 11.4 Å². The molecule has 0 saturated carbocycles. The number of para-hydroxylation sites is 2. The number of furan rings is 1. The van der Waals surface area contributed by atoms with E-state index in [1.54, 1.807) is 0 Å². The van der Waals surface area contributed by atoms with Crippen molar-refractivity contribution in [2.45, 2.75) is 0 Å². The van der Waals surface area contributed by atoms with Crippen molar-refractivity contribution in [2.75, 3.05) is 4.90 Å². The van der Waals surface area contributed by atoms with Gasteiger partial charge in [0.25, 0.3) is 0 Å². The highest BCUT2D eigenvalue weighted by molar-refractivity contribution is 6.12. The Bertz CT molecular complexity index is 2910. The minimum absolute atomic E-state index is 0.855. The summed E-state index contributed by atoms with van der Waals surface area (Å²) in [4.78, 5) is 2.40. The monoisotopic (exact) mass is 663 g/mol. The van der Waals surface area contributed by atoms with Gasteiger partial charge in [0.1, 0.15) is 5.58 Å². The van der Waals surface area contributed by atoms with Gasteiger partial charge in [0.15, 0.2) is 5.58 Å². The molecule has 244 valence electrons. The van der Waals surface area contributed by atoms with Crippen LogP contribution in [-0.4, -0.2) is 0 Å². The van der Waals surface area contributed by atoms with Gasteiger partial charge in [0.2, 0.25) is 0 Å². The van der Waals surface area contributed by atoms with Crippen molar-refractivity contribution in [1.29, 1.82) is 0 Å². The highest BCUT2D eigenvalue weighted by Crippen LogP contribution is 2.49. The molecule has 52 heavy (non-hydrogen) atoms. The predicted molar refractivity (Wildman–Crippen MR) is 220 cm³/mol. The van der Waals surface area contributed by atoms with Crippen LogP contribution in [0.1, 0.15) is 0 Å². The van der Waals surface area contributed by atoms with E-state index in [1.807, 2.05) is 6.07 Å². The molecule has 0 unspecified atom stereocenters. The van der Waals surface area contributed by atoms with E-state index < -0.39 is 0 Å². The standard InChI is InChI=1S/C50H33NO/c1-2-14-34(15-3-1)38-20-10-21-40(33-38)51(47-28-13-26-45-43-23-8-9-29-48(43)52-50(45)47)46-27-12-24-42(39-31-30-35-16-4-5-18-37(35)32-39)49(46)44-25-11-19-36-17-6-7-22-41(36)44/h1-33H. The first-order valence-corrected chi connectivity index (χ1v) is 17.8. The molecule has 0 N–H and O–H groups in total. The number of anilines is 3. The number of benzene rings is 9. The first-order valence-electron chi connectivity index (χ1n) is 17.8. The Kier molecular flexibility index (Phi) is 7.18. The Hall–Kier alpha value is -6.90. The Labute approximate surface area is 302 Å². The molecule has 1 aromatic heterocycles. The largest absolute Gasteiger partial charge is 0.454 e. The fourth-order valence-electron chi connectivity index (χ4n) is 7.82. The fraction of sp³-hybridized carbons (Fsp3) is 0. The minimum Gasteiger partial charge on any atom is -0.454 e. The van der Waals surface area contributed by atoms with Crippen LogP contribution >= 0.6 is 0 Å². The third kappa shape index (κ3) is 5.04. The van der Waals surface area contributed by atoms with Crippen molar-refractivity contribution in [3.05, 3.63) is 200 Å². The zero-order chi connectivity index (χ0) is 34.4. The molecule has 0 saturated heterocycles. The van der Waals surface area contributed by atoms with Crippen molar-refractivity contribution in [3.8, 4) is 33.4 Å². The van der Waals surface area contributed by atoms with E-state index in [1.165, 1.54) is 43.8 Å². The lowest BCUT2D eigenvalue weighted by Crippen LogP contribution is -2.12. The van der Waals surface area contributed by atoms with Crippen LogP contribution in [0.2, 0.25) is 0 Å². The molecule has 0 aliphatic carbocycles. The SMILES string of the molecule is c1ccc(-c2cccc(N(c3cccc(-c4ccc5ccccc5c4)c3-c3cccc4ccccc34)c3cccc4c3oc3ccccc34)c2)cc1. The highest BCUT2D eigenvalue weighted by atomic mass is 16.3. The summed E-state index contributed by atoms with van der Waals surface area (Å²) in [6, 6.07) is 71.8. The van der Waals surface area contributed by atoms with Crippen molar-refractivity contribution in [1.82, 2.24) is 0 Å². The summed E-state index contributed by atoms with van der Waals surface area (Å²) in [5.41, 5.74) is 11.8. The lowest BCUT2D eigenvalue weighted by Gasteiger charge is -2.30. The van der Waals surface area contributed by atoms with E-state index >= 15 is 0 Å². The maximum absolute atomic E-state index is 6.76. The quantitative estimate of drug-likeness (QED) is 0.176. The van der Waals surface area contributed by atoms with Gasteiger partial charge in [-0.25, -0.2) is 0 Å². The molecule has 0 spiro atoms. The Morgan fingerprint density at radius 3 is 1.88 bits per heavy atom. The summed E-state index contributed by atoms with van der Waals surface area (Å²) in [5.74, 6) is 0. The van der Waals surface area contributed by atoms with Crippen LogP contribution < -0.4 is 4.90 Å². The third-order valence-electron chi connectivity index (χ3n) is 10.2. The van der Waals surface area contributed by atoms with Crippen molar-refractivity contribution < 1.29 is 4.42 Å². The predicted octanol–water partition coefficient (Wildman–Crippen LogP) is 14.4. The molecule has 10 aromatic rings. The number of nitrogens with zero attached hydrogens (tertiary/aromatic N) is 1. The summed E-state index contributed by atoms with van der Waals surface area (Å²) < 4.78 is 6.76. The number of rotatable bonds is 6. The van der Waals surface area contributed by atoms with E-state index in [4.69, 9.17) is 4.42 Å². The van der Waals surface area contributed by atoms with Gasteiger partial charge >= 0.3 is 0 Å². The molecule has 0 fully saturated rings. The van der Waals surface area contributed by atoms with Crippen molar-refractivity contribution >= 4 is 60.5 Å². The number of fused-ring (bicyclic) bond motifs is 5. The van der Waals surface area contributed by atoms with Crippen LogP contribution in [0.3, 0.4) is 0 Å². The molecular weight excluding hydrogens is 631 g/mol. The molecule has 0 radical (unpaired) electrons. The average molecular weight is 664 g/mol. The zero-order valence-corrected chi connectivity index (χ0v) is 28.4. The average Bonchev–Trinajstić information content (AvgIpc) is 3.61. The van der Waals surface area contributed by atoms with E-state index in [2.05, 4.69) is 199 Å². The van der Waals surface area contributed by atoms with Crippen LogP contribution in [0.25, 0.3) is 76.9 Å². The van der Waals surface area contributed by atoms with Gasteiger partial charge in [-0.3, -0.25) is 0 Å². The van der Waals surface area contributed by atoms with Gasteiger partial charge in [-0.2, -0.15) is 0 Å². The Morgan fingerprint density at radius 1 is 0.346 bits per heavy atom. The smallest absolute Gasteiger partial charge is 0.159 e. The lowest BCUT2D eigenvalue weighted by molar-refractivity contribution is 0.669. The van der Waals surface area contributed by atoms with Gasteiger partial charge < -0.3 is 9.32 Å². The molecule has 0 amide bonds. The van der Waals surface area contributed by atoms with Gasteiger partial charge in [-0.05, 0) is 85.8 Å². The minimum atomic E-state index is 0.855. The molecule has 9 aromatic carbocycles. The van der Waals surface area contributed by atoms with Gasteiger partial charge in [0, 0.05) is 22.0 Å². The first kappa shape index (κ1) is 30.0. The van der Waals surface area contributed by atoms with E-state index in [0.717, 1.165) is 50.1 Å². The molecule has 2 heteroatoms. The lowest BCUT2D eigenvalue weighted by atomic mass is 9.88. The van der Waals surface area contributed by atoms with Crippen LogP contribution in [0, 0.1) is 0 Å². The topological polar surface area (TPSA) is 16.4 Å². The van der Waals surface area contributed by atoms with Crippen LogP contribution in [0.5, 0.6) is 0 Å². The Morgan fingerprint density at radius 2 is 0.981 bits per heavy atom. The summed E-state index contributed by atoms with van der Waals surface area (Å²) in [6.07, 6.45) is 0. The fourth-order valence-corrected chi connectivity index (χ4v) is 7.82. The molecule has 0 bridgehead atoms. The summed E-state index contributed by atoms with van der Waals surface area (Å²) in [7, 11) is 0. The number of hydrogen-bond donors (Lipinski definition) is 0. The normalized spacial score (nSPS) is 11.5. The molecular formula is C50H33NO. The van der Waals surface area contributed by atoms with Crippen molar-refractivity contribution in [2.24, 2.45) is 0 Å². The molecule has 0 atom stereocenters. The summed E-state index contributed by atoms with van der Waals surface area (Å²) >= 11 is 0. The van der Waals surface area contributed by atoms with Crippen LogP contribution in [-0.2, 0) is 0 Å². The van der Waals surface area contributed by atoms with E-state index in [-0.39, 0.29) is 0 Å². The molecule has 2 nitrogen and oxygen atoms in total. The van der Waals surface area contributed by atoms with Crippen molar-refractivity contribution in [3.63, 3.8) is 0 Å². The highest BCUT2D eigenvalue weighted by Gasteiger charge is 2.25. The first-order chi connectivity index (χ1) is 25.8. The van der Waals surface area contributed by atoms with E-state index in [9.17, 15) is 0 Å².